The van der Waals surface area contributed by atoms with Crippen molar-refractivity contribution >= 4 is 23.4 Å². The van der Waals surface area contributed by atoms with E-state index in [1.54, 1.807) is 0 Å². The van der Waals surface area contributed by atoms with Crippen LogP contribution in [0.15, 0.2) is 58.2 Å². The molecule has 140 valence electrons. The molecular weight excluding hydrogens is 360 g/mol. The van der Waals surface area contributed by atoms with Crippen LogP contribution in [-0.2, 0) is 11.2 Å². The van der Waals surface area contributed by atoms with E-state index >= 15 is 0 Å². The van der Waals surface area contributed by atoms with E-state index in [4.69, 9.17) is 4.42 Å². The van der Waals surface area contributed by atoms with Crippen LogP contribution < -0.4 is 11.1 Å². The summed E-state index contributed by atoms with van der Waals surface area (Å²) in [6, 6.07) is 15.8. The number of nitrogens with zero attached hydrogens (tertiary/aromatic N) is 2. The SMILES string of the molecule is Cc1ccc(NC(=O)CSc2nnc([C@@H]([NH3+])Cc3ccccc3)o2)c(C)c1. The monoisotopic (exact) mass is 383 g/mol. The molecule has 1 aromatic heterocycles. The second kappa shape index (κ2) is 8.83. The lowest BCUT2D eigenvalue weighted by Gasteiger charge is -2.08. The standard InChI is InChI=1S/C20H22N4O2S/c1-13-8-9-17(14(2)10-13)22-18(25)12-27-20-24-23-19(26-20)16(21)11-15-6-4-3-5-7-15/h3-10,16H,11-12,21H2,1-2H3,(H,22,25)/p+1/t16-/m0/s1. The molecule has 1 atom stereocenters. The van der Waals surface area contributed by atoms with Crippen LogP contribution in [0.4, 0.5) is 5.69 Å². The minimum absolute atomic E-state index is 0.109. The van der Waals surface area contributed by atoms with Gasteiger partial charge in [-0.3, -0.25) is 4.79 Å². The molecule has 7 heteroatoms. The quantitative estimate of drug-likeness (QED) is 0.612. The van der Waals surface area contributed by atoms with Gasteiger partial charge in [-0.2, -0.15) is 0 Å². The van der Waals surface area contributed by atoms with Gasteiger partial charge in [0.2, 0.25) is 5.91 Å². The van der Waals surface area contributed by atoms with E-state index in [2.05, 4.69) is 21.2 Å². The molecule has 0 aliphatic carbocycles. The third-order valence-corrected chi connectivity index (χ3v) is 4.90. The van der Waals surface area contributed by atoms with Crippen molar-refractivity contribution in [2.75, 3.05) is 11.1 Å². The molecule has 0 saturated heterocycles. The fraction of sp³-hybridized carbons (Fsp3) is 0.250. The second-order valence-corrected chi connectivity index (χ2v) is 7.37. The number of anilines is 1. The lowest BCUT2D eigenvalue weighted by Crippen LogP contribution is -2.54. The summed E-state index contributed by atoms with van der Waals surface area (Å²) in [6.07, 6.45) is 0.723. The molecule has 0 bridgehead atoms. The minimum Gasteiger partial charge on any atom is -0.410 e. The molecule has 6 nitrogen and oxygen atoms in total. The average molecular weight is 383 g/mol. The maximum atomic E-state index is 12.2. The Morgan fingerprint density at radius 2 is 1.96 bits per heavy atom. The number of carbonyl (C=O) groups is 1. The van der Waals surface area contributed by atoms with Crippen LogP contribution in [0.1, 0.15) is 28.6 Å². The van der Waals surface area contributed by atoms with Crippen LogP contribution >= 0.6 is 11.8 Å². The maximum absolute atomic E-state index is 12.2. The molecule has 0 radical (unpaired) electrons. The molecule has 0 aliphatic heterocycles. The Hall–Kier alpha value is -2.64. The van der Waals surface area contributed by atoms with Gasteiger partial charge in [-0.25, -0.2) is 0 Å². The summed E-state index contributed by atoms with van der Waals surface area (Å²) in [5.74, 6) is 0.577. The van der Waals surface area contributed by atoms with Gasteiger partial charge in [-0.1, -0.05) is 59.8 Å². The molecule has 1 heterocycles. The molecule has 0 unspecified atom stereocenters. The molecule has 3 aromatic rings. The second-order valence-electron chi connectivity index (χ2n) is 6.45. The number of benzene rings is 2. The van der Waals surface area contributed by atoms with E-state index in [1.807, 2.05) is 62.4 Å². The van der Waals surface area contributed by atoms with E-state index in [0.717, 1.165) is 28.8 Å². The summed E-state index contributed by atoms with van der Waals surface area (Å²) in [6.45, 7) is 4.00. The topological polar surface area (TPSA) is 95.7 Å². The van der Waals surface area contributed by atoms with Crippen molar-refractivity contribution in [1.29, 1.82) is 0 Å². The van der Waals surface area contributed by atoms with Crippen molar-refractivity contribution in [3.63, 3.8) is 0 Å². The minimum atomic E-state index is -0.127. The number of hydrogen-bond acceptors (Lipinski definition) is 5. The van der Waals surface area contributed by atoms with Gasteiger partial charge in [0.15, 0.2) is 6.04 Å². The normalized spacial score (nSPS) is 12.0. The lowest BCUT2D eigenvalue weighted by molar-refractivity contribution is -0.431. The number of aryl methyl sites for hydroxylation is 2. The summed E-state index contributed by atoms with van der Waals surface area (Å²) in [5.41, 5.74) is 8.28. The van der Waals surface area contributed by atoms with Crippen molar-refractivity contribution in [3.8, 4) is 0 Å². The Morgan fingerprint density at radius 3 is 2.70 bits per heavy atom. The van der Waals surface area contributed by atoms with Crippen LogP contribution in [0.5, 0.6) is 0 Å². The van der Waals surface area contributed by atoms with Gasteiger partial charge in [0.05, 0.1) is 5.75 Å². The van der Waals surface area contributed by atoms with Gasteiger partial charge in [0, 0.05) is 12.1 Å². The van der Waals surface area contributed by atoms with Crippen LogP contribution in [0.25, 0.3) is 0 Å². The summed E-state index contributed by atoms with van der Waals surface area (Å²) in [7, 11) is 0. The van der Waals surface area contributed by atoms with E-state index in [-0.39, 0.29) is 17.7 Å². The number of rotatable bonds is 7. The highest BCUT2D eigenvalue weighted by atomic mass is 32.2. The number of amides is 1. The maximum Gasteiger partial charge on any atom is 0.277 e. The molecule has 0 fully saturated rings. The zero-order chi connectivity index (χ0) is 19.2. The number of quaternary nitrogens is 1. The Bertz CT molecular complexity index is 911. The highest BCUT2D eigenvalue weighted by Gasteiger charge is 2.19. The van der Waals surface area contributed by atoms with Crippen molar-refractivity contribution in [2.24, 2.45) is 0 Å². The van der Waals surface area contributed by atoms with Crippen LogP contribution in [-0.4, -0.2) is 21.9 Å². The van der Waals surface area contributed by atoms with Gasteiger partial charge in [0.25, 0.3) is 11.1 Å². The number of nitrogens with one attached hydrogen (secondary N) is 1. The molecule has 1 amide bonds. The van der Waals surface area contributed by atoms with Crippen molar-refractivity contribution in [2.45, 2.75) is 31.5 Å². The third-order valence-electron chi connectivity index (χ3n) is 4.08. The summed E-state index contributed by atoms with van der Waals surface area (Å²) in [5, 5.41) is 11.4. The number of thioether (sulfide) groups is 1. The zero-order valence-corrected chi connectivity index (χ0v) is 16.3. The molecule has 0 saturated carbocycles. The third kappa shape index (κ3) is 5.42. The lowest BCUT2D eigenvalue weighted by atomic mass is 10.1. The van der Waals surface area contributed by atoms with Crippen LogP contribution in [0.3, 0.4) is 0 Å². The summed E-state index contributed by atoms with van der Waals surface area (Å²) < 4.78 is 5.66. The van der Waals surface area contributed by atoms with Crippen molar-refractivity contribution < 1.29 is 14.9 Å². The largest absolute Gasteiger partial charge is 0.410 e. The molecule has 2 aromatic carbocycles. The molecule has 0 spiro atoms. The number of hydrogen-bond donors (Lipinski definition) is 2. The van der Waals surface area contributed by atoms with Gasteiger partial charge < -0.3 is 15.5 Å². The Morgan fingerprint density at radius 1 is 1.19 bits per heavy atom. The summed E-state index contributed by atoms with van der Waals surface area (Å²) in [4.78, 5) is 12.2. The molecule has 27 heavy (non-hydrogen) atoms. The average Bonchev–Trinajstić information content (AvgIpc) is 3.12. The van der Waals surface area contributed by atoms with Crippen molar-refractivity contribution in [3.05, 3.63) is 71.1 Å². The predicted molar refractivity (Wildman–Crippen MR) is 105 cm³/mol. The first kappa shape index (κ1) is 19.1. The van der Waals surface area contributed by atoms with Gasteiger partial charge in [-0.15, -0.1) is 10.2 Å². The first-order valence-electron chi connectivity index (χ1n) is 8.71. The van der Waals surface area contributed by atoms with E-state index < -0.39 is 0 Å². The van der Waals surface area contributed by atoms with Crippen LogP contribution in [0, 0.1) is 13.8 Å². The predicted octanol–water partition coefficient (Wildman–Crippen LogP) is 2.94. The van der Waals surface area contributed by atoms with E-state index in [9.17, 15) is 4.79 Å². The smallest absolute Gasteiger partial charge is 0.277 e. The first-order chi connectivity index (χ1) is 13.0. The Balaban J connectivity index is 1.52. The first-order valence-corrected chi connectivity index (χ1v) is 9.70. The highest BCUT2D eigenvalue weighted by Crippen LogP contribution is 2.21. The highest BCUT2D eigenvalue weighted by molar-refractivity contribution is 7.99. The fourth-order valence-electron chi connectivity index (χ4n) is 2.70. The van der Waals surface area contributed by atoms with Gasteiger partial charge in [0.1, 0.15) is 0 Å². The molecule has 3 rings (SSSR count). The molecule has 0 aliphatic rings. The number of carbonyl (C=O) groups excluding carboxylic acids is 1. The molecule has 4 N–H and O–H groups in total. The van der Waals surface area contributed by atoms with Crippen molar-refractivity contribution in [1.82, 2.24) is 10.2 Å². The van der Waals surface area contributed by atoms with E-state index in [1.165, 1.54) is 11.8 Å². The van der Waals surface area contributed by atoms with Crippen LogP contribution in [0.2, 0.25) is 0 Å². The zero-order valence-electron chi connectivity index (χ0n) is 15.4. The Labute approximate surface area is 162 Å². The fourth-order valence-corrected chi connectivity index (χ4v) is 3.27. The molecular formula is C20H23N4O2S+. The van der Waals surface area contributed by atoms with E-state index in [0.29, 0.717) is 11.1 Å². The Kier molecular flexibility index (Phi) is 6.26. The summed E-state index contributed by atoms with van der Waals surface area (Å²) >= 11 is 1.22. The van der Waals surface area contributed by atoms with Gasteiger partial charge >= 0.3 is 0 Å². The number of aromatic nitrogens is 2. The van der Waals surface area contributed by atoms with Gasteiger partial charge in [-0.05, 0) is 31.0 Å².